The van der Waals surface area contributed by atoms with E-state index in [1.54, 1.807) is 11.3 Å². The quantitative estimate of drug-likeness (QED) is 0.786. The predicted molar refractivity (Wildman–Crippen MR) is 100 cm³/mol. The third kappa shape index (κ3) is 4.03. The molecule has 27 heavy (non-hydrogen) atoms. The monoisotopic (exact) mass is 394 g/mol. The number of aliphatic carboxylic acids is 1. The van der Waals surface area contributed by atoms with Crippen molar-refractivity contribution in [3.8, 4) is 0 Å². The molecule has 8 heteroatoms. The largest absolute Gasteiger partial charge is 0.480 e. The first kappa shape index (κ1) is 18.9. The Kier molecular flexibility index (Phi) is 5.50. The van der Waals surface area contributed by atoms with Crippen LogP contribution in [0.15, 0.2) is 6.07 Å². The molecule has 2 saturated heterocycles. The summed E-state index contributed by atoms with van der Waals surface area (Å²) in [5.41, 5.74) is 0.859. The highest BCUT2D eigenvalue weighted by Gasteiger charge is 2.43. The number of rotatable bonds is 5. The van der Waals surface area contributed by atoms with Gasteiger partial charge in [-0.3, -0.25) is 14.5 Å². The molecule has 1 aromatic heterocycles. The van der Waals surface area contributed by atoms with Crippen molar-refractivity contribution in [3.05, 3.63) is 21.4 Å². The number of piperidine rings is 1. The summed E-state index contributed by atoms with van der Waals surface area (Å²) in [6.45, 7) is 4.31. The lowest BCUT2D eigenvalue weighted by atomic mass is 9.85. The van der Waals surface area contributed by atoms with Gasteiger partial charge in [0.25, 0.3) is 5.91 Å². The third-order valence-corrected chi connectivity index (χ3v) is 7.16. The molecule has 4 heterocycles. The van der Waals surface area contributed by atoms with Crippen LogP contribution in [0.4, 0.5) is 0 Å². The summed E-state index contributed by atoms with van der Waals surface area (Å²) < 4.78 is 11.6. The number of amides is 1. The van der Waals surface area contributed by atoms with Crippen LogP contribution in [0.5, 0.6) is 0 Å². The van der Waals surface area contributed by atoms with Crippen LogP contribution in [0, 0.1) is 5.92 Å². The molecule has 0 aliphatic carbocycles. The van der Waals surface area contributed by atoms with Gasteiger partial charge in [0.05, 0.1) is 24.6 Å². The predicted octanol–water partition coefficient (Wildman–Crippen LogP) is 1.46. The van der Waals surface area contributed by atoms with Crippen molar-refractivity contribution in [1.29, 1.82) is 0 Å². The van der Waals surface area contributed by atoms with E-state index in [-0.39, 0.29) is 18.1 Å². The van der Waals surface area contributed by atoms with Gasteiger partial charge in [0.1, 0.15) is 5.60 Å². The highest BCUT2D eigenvalue weighted by atomic mass is 32.1. The molecule has 0 aromatic carbocycles. The van der Waals surface area contributed by atoms with Crippen molar-refractivity contribution < 1.29 is 24.2 Å². The van der Waals surface area contributed by atoms with Gasteiger partial charge in [0.15, 0.2) is 0 Å². The molecule has 3 aliphatic rings. The number of carboxylic acids is 1. The van der Waals surface area contributed by atoms with Crippen molar-refractivity contribution in [3.63, 3.8) is 0 Å². The maximum absolute atomic E-state index is 12.6. The van der Waals surface area contributed by atoms with Gasteiger partial charge in [-0.2, -0.15) is 0 Å². The van der Waals surface area contributed by atoms with Crippen molar-refractivity contribution in [1.82, 2.24) is 10.2 Å². The van der Waals surface area contributed by atoms with Gasteiger partial charge in [-0.15, -0.1) is 11.3 Å². The number of nitrogens with one attached hydrogen (secondary N) is 1. The summed E-state index contributed by atoms with van der Waals surface area (Å²) in [6, 6.07) is 2.02. The molecule has 1 unspecified atom stereocenters. The highest BCUT2D eigenvalue weighted by Crippen LogP contribution is 2.45. The van der Waals surface area contributed by atoms with E-state index in [2.05, 4.69) is 5.32 Å². The number of hydrogen-bond donors (Lipinski definition) is 2. The summed E-state index contributed by atoms with van der Waals surface area (Å²) >= 11 is 1.54. The zero-order valence-corrected chi connectivity index (χ0v) is 16.2. The molecular formula is C19H26N2O5S. The molecule has 1 aromatic rings. The Morgan fingerprint density at radius 3 is 2.85 bits per heavy atom. The van der Waals surface area contributed by atoms with Gasteiger partial charge >= 0.3 is 5.97 Å². The van der Waals surface area contributed by atoms with Crippen molar-refractivity contribution >= 4 is 23.2 Å². The van der Waals surface area contributed by atoms with Crippen LogP contribution in [0.25, 0.3) is 0 Å². The standard InChI is InChI=1S/C19H26N2O5S/c22-16(23)11-21-5-3-19(4-6-21)17-14(2-8-26-19)9-15(27-17)18(24)20-10-13-1-7-25-12-13/h9,13H,1-8,10-12H2,(H,20,24)(H,22,23). The number of likely N-dealkylation sites (tertiary alicyclic amines) is 1. The summed E-state index contributed by atoms with van der Waals surface area (Å²) in [6.07, 6.45) is 3.38. The number of fused-ring (bicyclic) bond motifs is 2. The molecule has 1 spiro atoms. The zero-order chi connectivity index (χ0) is 18.9. The molecule has 148 valence electrons. The van der Waals surface area contributed by atoms with E-state index in [4.69, 9.17) is 14.6 Å². The second kappa shape index (κ2) is 7.87. The SMILES string of the molecule is O=C(O)CN1CCC2(CC1)OCCc1cc(C(=O)NCC3CCOC3)sc12. The van der Waals surface area contributed by atoms with Gasteiger partial charge in [0.2, 0.25) is 0 Å². The molecule has 2 N–H and O–H groups in total. The van der Waals surface area contributed by atoms with Gasteiger partial charge in [-0.1, -0.05) is 0 Å². The number of carboxylic acid groups (broad SMARTS) is 1. The fraction of sp³-hybridized carbons (Fsp3) is 0.684. The van der Waals surface area contributed by atoms with Gasteiger partial charge in [-0.25, -0.2) is 0 Å². The number of ether oxygens (including phenoxy) is 2. The molecular weight excluding hydrogens is 368 g/mol. The fourth-order valence-corrected chi connectivity index (χ4v) is 5.56. The Morgan fingerprint density at radius 2 is 2.15 bits per heavy atom. The van der Waals surface area contributed by atoms with E-state index in [1.807, 2.05) is 11.0 Å². The number of hydrogen-bond acceptors (Lipinski definition) is 6. The molecule has 1 amide bonds. The van der Waals surface area contributed by atoms with Crippen molar-refractivity contribution in [2.75, 3.05) is 46.0 Å². The summed E-state index contributed by atoms with van der Waals surface area (Å²) in [7, 11) is 0. The normalized spacial score (nSPS) is 24.7. The maximum atomic E-state index is 12.6. The number of nitrogens with zero attached hydrogens (tertiary/aromatic N) is 1. The molecule has 2 fully saturated rings. The highest BCUT2D eigenvalue weighted by molar-refractivity contribution is 7.14. The van der Waals surface area contributed by atoms with E-state index in [1.165, 1.54) is 5.56 Å². The Bertz CT molecular complexity index is 705. The van der Waals surface area contributed by atoms with Gasteiger partial charge in [0, 0.05) is 37.0 Å². The first-order valence-corrected chi connectivity index (χ1v) is 10.4. The minimum atomic E-state index is -0.793. The maximum Gasteiger partial charge on any atom is 0.317 e. The van der Waals surface area contributed by atoms with Crippen LogP contribution in [-0.2, 0) is 26.3 Å². The average Bonchev–Trinajstić information content (AvgIpc) is 3.31. The number of thiophene rings is 1. The van der Waals surface area contributed by atoms with Crippen molar-refractivity contribution in [2.24, 2.45) is 5.92 Å². The van der Waals surface area contributed by atoms with E-state index >= 15 is 0 Å². The number of carbonyl (C=O) groups excluding carboxylic acids is 1. The minimum Gasteiger partial charge on any atom is -0.480 e. The fourth-order valence-electron chi connectivity index (χ4n) is 4.24. The summed E-state index contributed by atoms with van der Waals surface area (Å²) in [4.78, 5) is 27.4. The van der Waals surface area contributed by atoms with Crippen LogP contribution in [0.3, 0.4) is 0 Å². The average molecular weight is 394 g/mol. The van der Waals surface area contributed by atoms with Gasteiger partial charge in [-0.05, 0) is 37.3 Å². The Labute approximate surface area is 162 Å². The lowest BCUT2D eigenvalue weighted by Crippen LogP contribution is -2.47. The second-order valence-corrected chi connectivity index (χ2v) is 8.72. The Morgan fingerprint density at radius 1 is 1.33 bits per heavy atom. The van der Waals surface area contributed by atoms with E-state index in [0.717, 1.165) is 48.7 Å². The Hall–Kier alpha value is -1.48. The zero-order valence-electron chi connectivity index (χ0n) is 15.4. The topological polar surface area (TPSA) is 88.1 Å². The summed E-state index contributed by atoms with van der Waals surface area (Å²) in [5.74, 6) is -0.393. The second-order valence-electron chi connectivity index (χ2n) is 7.67. The van der Waals surface area contributed by atoms with Crippen LogP contribution in [0.2, 0.25) is 0 Å². The first-order chi connectivity index (χ1) is 13.1. The molecule has 4 rings (SSSR count). The van der Waals surface area contributed by atoms with E-state index in [0.29, 0.717) is 32.2 Å². The lowest BCUT2D eigenvalue weighted by Gasteiger charge is -2.43. The molecule has 0 radical (unpaired) electrons. The number of carbonyl (C=O) groups is 2. The minimum absolute atomic E-state index is 0.0141. The first-order valence-electron chi connectivity index (χ1n) is 9.63. The van der Waals surface area contributed by atoms with Gasteiger partial charge < -0.3 is 19.9 Å². The van der Waals surface area contributed by atoms with E-state index < -0.39 is 5.97 Å². The van der Waals surface area contributed by atoms with Crippen LogP contribution < -0.4 is 5.32 Å². The lowest BCUT2D eigenvalue weighted by molar-refractivity contribution is -0.141. The third-order valence-electron chi connectivity index (χ3n) is 5.79. The van der Waals surface area contributed by atoms with Crippen LogP contribution in [-0.4, -0.2) is 67.9 Å². The van der Waals surface area contributed by atoms with E-state index in [9.17, 15) is 9.59 Å². The summed E-state index contributed by atoms with van der Waals surface area (Å²) in [5, 5.41) is 12.0. The molecule has 1 atom stereocenters. The van der Waals surface area contributed by atoms with Crippen LogP contribution >= 0.6 is 11.3 Å². The molecule has 0 bridgehead atoms. The molecule has 0 saturated carbocycles. The Balaban J connectivity index is 1.44. The smallest absolute Gasteiger partial charge is 0.317 e. The van der Waals surface area contributed by atoms with Crippen molar-refractivity contribution in [2.45, 2.75) is 31.3 Å². The molecule has 3 aliphatic heterocycles. The van der Waals surface area contributed by atoms with Crippen LogP contribution in [0.1, 0.15) is 39.4 Å². The molecule has 7 nitrogen and oxygen atoms in total.